The Morgan fingerprint density at radius 2 is 2.26 bits per heavy atom. The van der Waals surface area contributed by atoms with Gasteiger partial charge in [0.05, 0.1) is 16.3 Å². The molecule has 1 aliphatic rings. The van der Waals surface area contributed by atoms with Gasteiger partial charge in [-0.3, -0.25) is 0 Å². The molecule has 1 saturated carbocycles. The first kappa shape index (κ1) is 12.9. The van der Waals surface area contributed by atoms with E-state index in [9.17, 15) is 5.11 Å². The first-order valence-corrected chi connectivity index (χ1v) is 7.77. The van der Waals surface area contributed by atoms with Crippen LogP contribution in [0.25, 0.3) is 10.2 Å². The van der Waals surface area contributed by atoms with Gasteiger partial charge in [0.1, 0.15) is 0 Å². The van der Waals surface area contributed by atoms with Gasteiger partial charge in [-0.25, -0.2) is 4.98 Å². The number of thiazole rings is 1. The van der Waals surface area contributed by atoms with Crippen molar-refractivity contribution in [1.82, 2.24) is 4.98 Å². The number of hydrogen-bond acceptors (Lipinski definition) is 4. The number of hydrogen-bond donors (Lipinski definition) is 2. The average molecular weight is 276 g/mol. The number of para-hydroxylation sites is 1. The molecule has 4 heteroatoms. The summed E-state index contributed by atoms with van der Waals surface area (Å²) in [5.74, 6) is 0. The molecule has 1 aromatic carbocycles. The summed E-state index contributed by atoms with van der Waals surface area (Å²) in [6.07, 6.45) is 4.19. The Morgan fingerprint density at radius 1 is 1.42 bits per heavy atom. The third-order valence-electron chi connectivity index (χ3n) is 4.22. The summed E-state index contributed by atoms with van der Waals surface area (Å²) in [5.41, 5.74) is 1.03. The Kier molecular flexibility index (Phi) is 3.46. The minimum Gasteiger partial charge on any atom is -0.392 e. The number of nitrogens with zero attached hydrogens (tertiary/aromatic N) is 1. The van der Waals surface area contributed by atoms with E-state index < -0.39 is 0 Å². The van der Waals surface area contributed by atoms with Crippen LogP contribution in [-0.2, 0) is 0 Å². The molecule has 1 heterocycles. The van der Waals surface area contributed by atoms with Crippen LogP contribution >= 0.6 is 11.3 Å². The molecule has 0 amide bonds. The van der Waals surface area contributed by atoms with E-state index in [-0.39, 0.29) is 11.5 Å². The molecule has 1 aliphatic carbocycles. The summed E-state index contributed by atoms with van der Waals surface area (Å²) in [5, 5.41) is 14.6. The lowest BCUT2D eigenvalue weighted by Gasteiger charge is -2.38. The van der Waals surface area contributed by atoms with Crippen LogP contribution in [0.15, 0.2) is 24.3 Å². The van der Waals surface area contributed by atoms with Crippen molar-refractivity contribution in [3.05, 3.63) is 24.3 Å². The molecule has 3 nitrogen and oxygen atoms in total. The fraction of sp³-hybridized carbons (Fsp3) is 0.533. The molecule has 1 aromatic heterocycles. The molecule has 0 saturated heterocycles. The van der Waals surface area contributed by atoms with Gasteiger partial charge in [0.25, 0.3) is 0 Å². The van der Waals surface area contributed by atoms with Crippen molar-refractivity contribution in [1.29, 1.82) is 0 Å². The maximum Gasteiger partial charge on any atom is 0.183 e. The number of aliphatic hydroxyl groups is 1. The van der Waals surface area contributed by atoms with Crippen molar-refractivity contribution >= 4 is 26.7 Å². The smallest absolute Gasteiger partial charge is 0.183 e. The van der Waals surface area contributed by atoms with Crippen molar-refractivity contribution in [3.63, 3.8) is 0 Å². The fourth-order valence-corrected chi connectivity index (χ4v) is 3.67. The van der Waals surface area contributed by atoms with Crippen LogP contribution in [0.4, 0.5) is 5.13 Å². The zero-order chi connectivity index (χ0) is 13.3. The number of aromatic nitrogens is 1. The van der Waals surface area contributed by atoms with E-state index in [1.54, 1.807) is 11.3 Å². The second-order valence-corrected chi connectivity index (χ2v) is 6.79. The van der Waals surface area contributed by atoms with E-state index in [2.05, 4.69) is 23.3 Å². The van der Waals surface area contributed by atoms with Gasteiger partial charge in [-0.15, -0.1) is 0 Å². The Balaban J connectivity index is 1.71. The minimum atomic E-state index is -0.192. The highest BCUT2D eigenvalue weighted by Crippen LogP contribution is 2.36. The van der Waals surface area contributed by atoms with Crippen molar-refractivity contribution in [2.75, 3.05) is 11.9 Å². The quantitative estimate of drug-likeness (QED) is 0.899. The fourth-order valence-electron chi connectivity index (χ4n) is 2.81. The minimum absolute atomic E-state index is 0.0178. The summed E-state index contributed by atoms with van der Waals surface area (Å²) in [7, 11) is 0. The molecule has 2 aromatic rings. The number of aliphatic hydroxyl groups excluding tert-OH is 1. The molecule has 0 aliphatic heterocycles. The van der Waals surface area contributed by atoms with Gasteiger partial charge in [-0.05, 0) is 25.0 Å². The van der Waals surface area contributed by atoms with Gasteiger partial charge in [-0.2, -0.15) is 0 Å². The first-order chi connectivity index (χ1) is 9.17. The standard InChI is InChI=1S/C15H20N2OS/c1-15(9-5-4-8-13(15)18)10-16-14-17-11-6-2-3-7-12(11)19-14/h2-3,6-7,13,18H,4-5,8-10H2,1H3,(H,16,17). The molecule has 2 unspecified atom stereocenters. The maximum atomic E-state index is 10.2. The lowest BCUT2D eigenvalue weighted by atomic mass is 9.73. The summed E-state index contributed by atoms with van der Waals surface area (Å²) < 4.78 is 1.21. The van der Waals surface area contributed by atoms with Crippen molar-refractivity contribution < 1.29 is 5.11 Å². The topological polar surface area (TPSA) is 45.2 Å². The summed E-state index contributed by atoms with van der Waals surface area (Å²) in [6, 6.07) is 8.18. The lowest BCUT2D eigenvalue weighted by Crippen LogP contribution is -2.41. The predicted molar refractivity (Wildman–Crippen MR) is 80.7 cm³/mol. The molecule has 19 heavy (non-hydrogen) atoms. The van der Waals surface area contributed by atoms with Gasteiger partial charge < -0.3 is 10.4 Å². The molecule has 102 valence electrons. The van der Waals surface area contributed by atoms with Crippen molar-refractivity contribution in [2.45, 2.75) is 38.7 Å². The van der Waals surface area contributed by atoms with Crippen LogP contribution < -0.4 is 5.32 Å². The Labute approximate surface area is 117 Å². The highest BCUT2D eigenvalue weighted by molar-refractivity contribution is 7.22. The molecule has 0 radical (unpaired) electrons. The van der Waals surface area contributed by atoms with Crippen LogP contribution in [0, 0.1) is 5.41 Å². The van der Waals surface area contributed by atoms with Crippen LogP contribution in [0.1, 0.15) is 32.6 Å². The highest BCUT2D eigenvalue weighted by Gasteiger charge is 2.35. The zero-order valence-corrected chi connectivity index (χ0v) is 12.0. The SMILES string of the molecule is CC1(CNc2nc3ccccc3s2)CCCCC1O. The molecule has 2 atom stereocenters. The Bertz CT molecular complexity index is 535. The van der Waals surface area contributed by atoms with E-state index >= 15 is 0 Å². The molecular weight excluding hydrogens is 256 g/mol. The molecule has 3 rings (SSSR count). The summed E-state index contributed by atoms with van der Waals surface area (Å²) in [4.78, 5) is 4.58. The molecule has 2 N–H and O–H groups in total. The van der Waals surface area contributed by atoms with E-state index in [0.29, 0.717) is 0 Å². The van der Waals surface area contributed by atoms with Gasteiger partial charge in [0, 0.05) is 12.0 Å². The lowest BCUT2D eigenvalue weighted by molar-refractivity contribution is 0.00963. The number of fused-ring (bicyclic) bond motifs is 1. The Hall–Kier alpha value is -1.13. The molecule has 0 bridgehead atoms. The highest BCUT2D eigenvalue weighted by atomic mass is 32.1. The number of nitrogens with one attached hydrogen (secondary N) is 1. The van der Waals surface area contributed by atoms with Crippen LogP contribution in [-0.4, -0.2) is 22.7 Å². The van der Waals surface area contributed by atoms with Crippen LogP contribution in [0.5, 0.6) is 0 Å². The van der Waals surface area contributed by atoms with Crippen molar-refractivity contribution in [3.8, 4) is 0 Å². The van der Waals surface area contributed by atoms with E-state index in [4.69, 9.17) is 0 Å². The first-order valence-electron chi connectivity index (χ1n) is 6.95. The monoisotopic (exact) mass is 276 g/mol. The number of anilines is 1. The largest absolute Gasteiger partial charge is 0.392 e. The normalized spacial score (nSPS) is 27.6. The van der Waals surface area contributed by atoms with Crippen LogP contribution in [0.2, 0.25) is 0 Å². The zero-order valence-electron chi connectivity index (χ0n) is 11.2. The second-order valence-electron chi connectivity index (χ2n) is 5.76. The third kappa shape index (κ3) is 2.60. The average Bonchev–Trinajstić information content (AvgIpc) is 2.83. The van der Waals surface area contributed by atoms with Gasteiger partial charge in [0.2, 0.25) is 0 Å². The van der Waals surface area contributed by atoms with Gasteiger partial charge >= 0.3 is 0 Å². The summed E-state index contributed by atoms with van der Waals surface area (Å²) >= 11 is 1.68. The predicted octanol–water partition coefficient (Wildman–Crippen LogP) is 3.65. The Morgan fingerprint density at radius 3 is 3.05 bits per heavy atom. The van der Waals surface area contributed by atoms with Gasteiger partial charge in [0.15, 0.2) is 5.13 Å². The van der Waals surface area contributed by atoms with Gasteiger partial charge in [-0.1, -0.05) is 43.2 Å². The van der Waals surface area contributed by atoms with Crippen LogP contribution in [0.3, 0.4) is 0 Å². The molecule has 0 spiro atoms. The van der Waals surface area contributed by atoms with E-state index in [1.807, 2.05) is 18.2 Å². The third-order valence-corrected chi connectivity index (χ3v) is 5.21. The molecular formula is C15H20N2OS. The van der Waals surface area contributed by atoms with Crippen molar-refractivity contribution in [2.24, 2.45) is 5.41 Å². The number of rotatable bonds is 3. The van der Waals surface area contributed by atoms with E-state index in [1.165, 1.54) is 11.1 Å². The number of benzene rings is 1. The maximum absolute atomic E-state index is 10.2. The van der Waals surface area contributed by atoms with E-state index in [0.717, 1.165) is 36.5 Å². The molecule has 1 fully saturated rings. The second kappa shape index (κ2) is 5.10. The summed E-state index contributed by atoms with van der Waals surface area (Å²) in [6.45, 7) is 2.98.